The molecular formula is C11H10ClFN2S. The van der Waals surface area contributed by atoms with E-state index < -0.39 is 5.82 Å². The van der Waals surface area contributed by atoms with Crippen molar-refractivity contribution in [2.24, 2.45) is 5.73 Å². The molecule has 0 saturated carbocycles. The van der Waals surface area contributed by atoms with Crippen LogP contribution in [0.1, 0.15) is 16.5 Å². The first-order chi connectivity index (χ1) is 7.66. The lowest BCUT2D eigenvalue weighted by atomic mass is 10.1. The molecule has 1 aromatic heterocycles. The summed E-state index contributed by atoms with van der Waals surface area (Å²) >= 11 is 7.21. The summed E-state index contributed by atoms with van der Waals surface area (Å²) in [5.41, 5.74) is 8.66. The number of thiazole rings is 1. The molecule has 0 aliphatic carbocycles. The lowest BCUT2D eigenvalue weighted by Gasteiger charge is -2.09. The maximum Gasteiger partial charge on any atom is 0.141 e. The minimum absolute atomic E-state index is 0.117. The van der Waals surface area contributed by atoms with Crippen molar-refractivity contribution in [1.29, 1.82) is 0 Å². The van der Waals surface area contributed by atoms with E-state index in [-0.39, 0.29) is 11.1 Å². The second-order valence-electron chi connectivity index (χ2n) is 3.46. The third kappa shape index (κ3) is 2.58. The van der Waals surface area contributed by atoms with Gasteiger partial charge in [0.1, 0.15) is 5.82 Å². The Balaban J connectivity index is 2.12. The van der Waals surface area contributed by atoms with Gasteiger partial charge in [0.05, 0.1) is 10.5 Å². The van der Waals surface area contributed by atoms with E-state index in [1.54, 1.807) is 23.8 Å². The van der Waals surface area contributed by atoms with Crippen LogP contribution in [0.3, 0.4) is 0 Å². The number of rotatable bonds is 3. The number of hydrogen-bond donors (Lipinski definition) is 1. The van der Waals surface area contributed by atoms with Crippen molar-refractivity contribution in [2.75, 3.05) is 0 Å². The van der Waals surface area contributed by atoms with E-state index in [4.69, 9.17) is 17.3 Å². The largest absolute Gasteiger partial charge is 0.323 e. The highest BCUT2D eigenvalue weighted by atomic mass is 35.5. The molecule has 0 saturated heterocycles. The van der Waals surface area contributed by atoms with E-state index in [2.05, 4.69) is 4.98 Å². The third-order valence-corrected chi connectivity index (χ3v) is 3.45. The summed E-state index contributed by atoms with van der Waals surface area (Å²) in [6.07, 6.45) is 2.38. The molecule has 2 N–H and O–H groups in total. The van der Waals surface area contributed by atoms with Crippen LogP contribution in [0.15, 0.2) is 29.9 Å². The predicted octanol–water partition coefficient (Wildman–Crippen LogP) is 3.18. The second-order valence-corrected chi connectivity index (χ2v) is 4.79. The minimum atomic E-state index is -0.406. The summed E-state index contributed by atoms with van der Waals surface area (Å²) in [5.74, 6) is -0.406. The molecule has 0 aliphatic rings. The van der Waals surface area contributed by atoms with Crippen LogP contribution in [-0.2, 0) is 6.42 Å². The molecule has 1 heterocycles. The zero-order chi connectivity index (χ0) is 11.5. The lowest BCUT2D eigenvalue weighted by molar-refractivity contribution is 0.626. The van der Waals surface area contributed by atoms with Gasteiger partial charge in [-0.1, -0.05) is 17.7 Å². The molecule has 0 aliphatic heterocycles. The molecule has 0 fully saturated rings. The standard InChI is InChI=1S/C11H10ClFN2S/c12-8-3-7(1-2-9(8)13)4-10(14)11-5-15-6-16-11/h1-3,5-6,10H,4,14H2. The zero-order valence-corrected chi connectivity index (χ0v) is 9.93. The molecular weight excluding hydrogens is 247 g/mol. The summed E-state index contributed by atoms with van der Waals surface area (Å²) in [6, 6.07) is 4.55. The van der Waals surface area contributed by atoms with Crippen LogP contribution in [0.4, 0.5) is 4.39 Å². The smallest absolute Gasteiger partial charge is 0.141 e. The van der Waals surface area contributed by atoms with Crippen LogP contribution in [0.5, 0.6) is 0 Å². The topological polar surface area (TPSA) is 38.9 Å². The van der Waals surface area contributed by atoms with Crippen LogP contribution in [0, 0.1) is 5.82 Å². The van der Waals surface area contributed by atoms with Gasteiger partial charge < -0.3 is 5.73 Å². The first-order valence-corrected chi connectivity index (χ1v) is 6.00. The molecule has 0 spiro atoms. The molecule has 0 amide bonds. The van der Waals surface area contributed by atoms with Crippen molar-refractivity contribution >= 4 is 22.9 Å². The van der Waals surface area contributed by atoms with Crippen LogP contribution < -0.4 is 5.73 Å². The number of aromatic nitrogens is 1. The fraction of sp³-hybridized carbons (Fsp3) is 0.182. The van der Waals surface area contributed by atoms with Gasteiger partial charge in [-0.05, 0) is 24.1 Å². The van der Waals surface area contributed by atoms with Crippen LogP contribution in [0.25, 0.3) is 0 Å². The van der Waals surface area contributed by atoms with Gasteiger partial charge in [0.2, 0.25) is 0 Å². The summed E-state index contributed by atoms with van der Waals surface area (Å²) in [7, 11) is 0. The quantitative estimate of drug-likeness (QED) is 0.916. The number of hydrogen-bond acceptors (Lipinski definition) is 3. The van der Waals surface area contributed by atoms with Gasteiger partial charge in [0.25, 0.3) is 0 Å². The van der Waals surface area contributed by atoms with E-state index >= 15 is 0 Å². The van der Waals surface area contributed by atoms with Crippen molar-refractivity contribution in [2.45, 2.75) is 12.5 Å². The first kappa shape index (κ1) is 11.5. The fourth-order valence-electron chi connectivity index (χ4n) is 1.43. The normalized spacial score (nSPS) is 12.7. The first-order valence-electron chi connectivity index (χ1n) is 4.74. The Kier molecular flexibility index (Phi) is 3.53. The van der Waals surface area contributed by atoms with Crippen molar-refractivity contribution in [3.63, 3.8) is 0 Å². The minimum Gasteiger partial charge on any atom is -0.323 e. The Morgan fingerprint density at radius 1 is 1.50 bits per heavy atom. The van der Waals surface area contributed by atoms with Crippen molar-refractivity contribution in [3.05, 3.63) is 51.2 Å². The van der Waals surface area contributed by atoms with Gasteiger partial charge in [-0.2, -0.15) is 0 Å². The van der Waals surface area contributed by atoms with Crippen LogP contribution in [0.2, 0.25) is 5.02 Å². The average Bonchev–Trinajstić information content (AvgIpc) is 2.77. The molecule has 0 bridgehead atoms. The van der Waals surface area contributed by atoms with Crippen LogP contribution in [-0.4, -0.2) is 4.98 Å². The average molecular weight is 257 g/mol. The molecule has 1 aromatic carbocycles. The summed E-state index contributed by atoms with van der Waals surface area (Å²) in [4.78, 5) is 4.98. The second kappa shape index (κ2) is 4.91. The Bertz CT molecular complexity index is 473. The predicted molar refractivity (Wildman–Crippen MR) is 64.2 cm³/mol. The zero-order valence-electron chi connectivity index (χ0n) is 8.36. The monoisotopic (exact) mass is 256 g/mol. The van der Waals surface area contributed by atoms with Gasteiger partial charge in [0.15, 0.2) is 0 Å². The molecule has 2 nitrogen and oxygen atoms in total. The van der Waals surface area contributed by atoms with E-state index in [1.807, 2.05) is 0 Å². The number of halogens is 2. The van der Waals surface area contributed by atoms with Crippen LogP contribution >= 0.6 is 22.9 Å². The highest BCUT2D eigenvalue weighted by Gasteiger charge is 2.09. The summed E-state index contributed by atoms with van der Waals surface area (Å²) < 4.78 is 12.9. The molecule has 0 radical (unpaired) electrons. The maximum absolute atomic E-state index is 12.9. The number of benzene rings is 1. The Labute approximate surface area is 102 Å². The molecule has 84 valence electrons. The van der Waals surface area contributed by atoms with E-state index in [1.165, 1.54) is 17.4 Å². The summed E-state index contributed by atoms with van der Waals surface area (Å²) in [5, 5.41) is 0.133. The van der Waals surface area contributed by atoms with E-state index in [9.17, 15) is 4.39 Å². The van der Waals surface area contributed by atoms with Crippen molar-refractivity contribution in [1.82, 2.24) is 4.98 Å². The Morgan fingerprint density at radius 3 is 2.94 bits per heavy atom. The number of nitrogens with zero attached hydrogens (tertiary/aromatic N) is 1. The third-order valence-electron chi connectivity index (χ3n) is 2.26. The maximum atomic E-state index is 12.9. The summed E-state index contributed by atoms with van der Waals surface area (Å²) in [6.45, 7) is 0. The van der Waals surface area contributed by atoms with Gasteiger partial charge in [0, 0.05) is 17.1 Å². The highest BCUT2D eigenvalue weighted by Crippen LogP contribution is 2.22. The number of nitrogens with two attached hydrogens (primary N) is 1. The van der Waals surface area contributed by atoms with Crippen molar-refractivity contribution < 1.29 is 4.39 Å². The highest BCUT2D eigenvalue weighted by molar-refractivity contribution is 7.09. The Morgan fingerprint density at radius 2 is 2.31 bits per heavy atom. The SMILES string of the molecule is NC(Cc1ccc(F)c(Cl)c1)c1cncs1. The van der Waals surface area contributed by atoms with E-state index in [0.29, 0.717) is 6.42 Å². The van der Waals surface area contributed by atoms with Crippen molar-refractivity contribution in [3.8, 4) is 0 Å². The molecule has 1 unspecified atom stereocenters. The van der Waals surface area contributed by atoms with E-state index in [0.717, 1.165) is 10.4 Å². The van der Waals surface area contributed by atoms with Gasteiger partial charge >= 0.3 is 0 Å². The molecule has 2 rings (SSSR count). The fourth-order valence-corrected chi connectivity index (χ4v) is 2.26. The molecule has 5 heteroatoms. The molecule has 1 atom stereocenters. The van der Waals surface area contributed by atoms with Gasteiger partial charge in [-0.25, -0.2) is 4.39 Å². The molecule has 2 aromatic rings. The Hall–Kier alpha value is -0.970. The lowest BCUT2D eigenvalue weighted by Crippen LogP contribution is -2.11. The molecule has 16 heavy (non-hydrogen) atoms. The van der Waals surface area contributed by atoms with Gasteiger partial charge in [-0.15, -0.1) is 11.3 Å². The van der Waals surface area contributed by atoms with Gasteiger partial charge in [-0.3, -0.25) is 4.98 Å².